The molecular weight excluding hydrogens is 257 g/mol. The third kappa shape index (κ3) is 2.55. The van der Waals surface area contributed by atoms with Crippen molar-refractivity contribution in [2.75, 3.05) is 7.11 Å². The van der Waals surface area contributed by atoms with Crippen LogP contribution in [-0.4, -0.2) is 23.2 Å². The average molecular weight is 267 g/mol. The van der Waals surface area contributed by atoms with E-state index in [1.807, 2.05) is 0 Å². The number of methoxy groups -OCH3 is 1. The van der Waals surface area contributed by atoms with Crippen molar-refractivity contribution in [3.63, 3.8) is 0 Å². The molecule has 0 radical (unpaired) electrons. The number of carbonyl (C=O) groups is 1. The van der Waals surface area contributed by atoms with E-state index in [1.165, 1.54) is 30.6 Å². The highest BCUT2D eigenvalue weighted by Gasteiger charge is 2.21. The van der Waals surface area contributed by atoms with Gasteiger partial charge in [-0.05, 0) is 24.3 Å². The monoisotopic (exact) mass is 267 g/mol. The quantitative estimate of drug-likeness (QED) is 0.866. The van der Waals surface area contributed by atoms with Crippen molar-refractivity contribution in [3.05, 3.63) is 41.2 Å². The number of aliphatic hydroxyl groups excluding tert-OH is 1. The van der Waals surface area contributed by atoms with E-state index >= 15 is 0 Å². The molecule has 0 aliphatic rings. The topological polar surface area (TPSA) is 59.4 Å². The van der Waals surface area contributed by atoms with E-state index in [9.17, 15) is 14.3 Å². The summed E-state index contributed by atoms with van der Waals surface area (Å²) in [5.74, 6) is -1.09. The molecule has 1 heterocycles. The van der Waals surface area contributed by atoms with Crippen LogP contribution in [0.3, 0.4) is 0 Å². The Bertz CT molecular complexity index is 553. The maximum Gasteiger partial charge on any atom is 0.341 e. The zero-order chi connectivity index (χ0) is 13.1. The molecule has 0 saturated carbocycles. The Morgan fingerprint density at radius 3 is 2.72 bits per heavy atom. The highest BCUT2D eigenvalue weighted by molar-refractivity contribution is 7.13. The third-order valence-electron chi connectivity index (χ3n) is 2.32. The average Bonchev–Trinajstić information content (AvgIpc) is 2.87. The Morgan fingerprint density at radius 2 is 2.11 bits per heavy atom. The minimum atomic E-state index is -1.39. The van der Waals surface area contributed by atoms with Crippen LogP contribution in [0.2, 0.25) is 0 Å². The molecule has 1 aromatic carbocycles. The lowest BCUT2D eigenvalue weighted by molar-refractivity contribution is -0.150. The van der Waals surface area contributed by atoms with Crippen LogP contribution in [0.4, 0.5) is 4.39 Å². The molecule has 0 spiro atoms. The molecule has 6 heteroatoms. The van der Waals surface area contributed by atoms with E-state index in [4.69, 9.17) is 0 Å². The number of carbonyl (C=O) groups excluding carboxylic acids is 1. The van der Waals surface area contributed by atoms with Crippen LogP contribution >= 0.6 is 11.3 Å². The molecule has 2 aromatic rings. The zero-order valence-corrected chi connectivity index (χ0v) is 10.3. The summed E-state index contributed by atoms with van der Waals surface area (Å²) in [4.78, 5) is 15.3. The van der Waals surface area contributed by atoms with Crippen molar-refractivity contribution in [3.8, 4) is 10.6 Å². The van der Waals surface area contributed by atoms with E-state index in [-0.39, 0.29) is 11.5 Å². The van der Waals surface area contributed by atoms with Crippen LogP contribution in [0.5, 0.6) is 0 Å². The molecule has 2 rings (SSSR count). The summed E-state index contributed by atoms with van der Waals surface area (Å²) in [6, 6.07) is 5.82. The predicted octanol–water partition coefficient (Wildman–Crippen LogP) is 2.16. The normalized spacial score (nSPS) is 12.2. The van der Waals surface area contributed by atoms with Gasteiger partial charge in [0.2, 0.25) is 0 Å². The van der Waals surface area contributed by atoms with Gasteiger partial charge in [-0.1, -0.05) is 0 Å². The van der Waals surface area contributed by atoms with Gasteiger partial charge in [0.1, 0.15) is 10.8 Å². The Morgan fingerprint density at radius 1 is 1.44 bits per heavy atom. The second kappa shape index (κ2) is 5.24. The molecule has 1 unspecified atom stereocenters. The number of hydrogen-bond acceptors (Lipinski definition) is 5. The molecule has 1 N–H and O–H groups in total. The number of aliphatic hydroxyl groups is 1. The van der Waals surface area contributed by atoms with Crippen LogP contribution in [0.25, 0.3) is 10.6 Å². The van der Waals surface area contributed by atoms with Gasteiger partial charge in [0, 0.05) is 10.9 Å². The zero-order valence-electron chi connectivity index (χ0n) is 9.46. The lowest BCUT2D eigenvalue weighted by atomic mass is 10.2. The van der Waals surface area contributed by atoms with E-state index < -0.39 is 12.1 Å². The van der Waals surface area contributed by atoms with Crippen molar-refractivity contribution < 1.29 is 19.0 Å². The first-order valence-corrected chi connectivity index (χ1v) is 5.97. The summed E-state index contributed by atoms with van der Waals surface area (Å²) in [6.07, 6.45) is -1.39. The van der Waals surface area contributed by atoms with Gasteiger partial charge >= 0.3 is 5.97 Å². The summed E-state index contributed by atoms with van der Waals surface area (Å²) < 4.78 is 17.2. The molecule has 4 nitrogen and oxygen atoms in total. The summed E-state index contributed by atoms with van der Waals surface area (Å²) in [7, 11) is 1.19. The first kappa shape index (κ1) is 12.7. The third-order valence-corrected chi connectivity index (χ3v) is 3.23. The van der Waals surface area contributed by atoms with Crippen LogP contribution in [-0.2, 0) is 9.53 Å². The molecule has 0 saturated heterocycles. The van der Waals surface area contributed by atoms with Crippen molar-refractivity contribution in [2.45, 2.75) is 6.10 Å². The molecule has 0 aliphatic heterocycles. The number of halogens is 1. The molecule has 0 bridgehead atoms. The molecular formula is C12H10FNO3S. The Kier molecular flexibility index (Phi) is 3.69. The van der Waals surface area contributed by atoms with E-state index in [0.717, 1.165) is 5.56 Å². The van der Waals surface area contributed by atoms with E-state index in [1.54, 1.807) is 17.5 Å². The lowest BCUT2D eigenvalue weighted by Gasteiger charge is -2.03. The van der Waals surface area contributed by atoms with Crippen LogP contribution < -0.4 is 0 Å². The standard InChI is InChI=1S/C12H10FNO3S/c1-17-12(16)10(15)9-6-18-11(14-9)7-2-4-8(13)5-3-7/h2-6,10,15H,1H3. The minimum absolute atomic E-state index is 0.228. The maximum absolute atomic E-state index is 12.8. The van der Waals surface area contributed by atoms with Crippen LogP contribution in [0.1, 0.15) is 11.8 Å². The summed E-state index contributed by atoms with van der Waals surface area (Å²) in [5.41, 5.74) is 0.955. The number of rotatable bonds is 3. The number of thiazole rings is 1. The van der Waals surface area contributed by atoms with Gasteiger partial charge in [0.25, 0.3) is 0 Å². The van der Waals surface area contributed by atoms with Gasteiger partial charge in [-0.2, -0.15) is 0 Å². The fourth-order valence-corrected chi connectivity index (χ4v) is 2.21. The fraction of sp³-hybridized carbons (Fsp3) is 0.167. The molecule has 1 aromatic heterocycles. The minimum Gasteiger partial charge on any atom is -0.467 e. The number of hydrogen-bond donors (Lipinski definition) is 1. The Balaban J connectivity index is 2.25. The second-order valence-electron chi connectivity index (χ2n) is 3.51. The van der Waals surface area contributed by atoms with Gasteiger partial charge in [0.15, 0.2) is 6.10 Å². The van der Waals surface area contributed by atoms with Gasteiger partial charge in [-0.25, -0.2) is 14.2 Å². The highest BCUT2D eigenvalue weighted by atomic mass is 32.1. The largest absolute Gasteiger partial charge is 0.467 e. The second-order valence-corrected chi connectivity index (χ2v) is 4.37. The number of nitrogens with zero attached hydrogens (tertiary/aromatic N) is 1. The molecule has 0 amide bonds. The molecule has 1 atom stereocenters. The van der Waals surface area contributed by atoms with Crippen molar-refractivity contribution in [1.82, 2.24) is 4.98 Å². The smallest absolute Gasteiger partial charge is 0.341 e. The highest BCUT2D eigenvalue weighted by Crippen LogP contribution is 2.26. The number of esters is 1. The first-order valence-electron chi connectivity index (χ1n) is 5.09. The first-order chi connectivity index (χ1) is 8.61. The summed E-state index contributed by atoms with van der Waals surface area (Å²) in [5, 5.41) is 11.8. The lowest BCUT2D eigenvalue weighted by Crippen LogP contribution is -2.13. The van der Waals surface area contributed by atoms with E-state index in [0.29, 0.717) is 5.01 Å². The number of ether oxygens (including phenoxy) is 1. The van der Waals surface area contributed by atoms with Crippen LogP contribution in [0.15, 0.2) is 29.6 Å². The SMILES string of the molecule is COC(=O)C(O)c1csc(-c2ccc(F)cc2)n1. The molecule has 18 heavy (non-hydrogen) atoms. The van der Waals surface area contributed by atoms with Gasteiger partial charge in [0.05, 0.1) is 12.8 Å². The van der Waals surface area contributed by atoms with Crippen molar-refractivity contribution in [2.24, 2.45) is 0 Å². The van der Waals surface area contributed by atoms with Gasteiger partial charge in [-0.3, -0.25) is 0 Å². The predicted molar refractivity (Wildman–Crippen MR) is 64.5 cm³/mol. The van der Waals surface area contributed by atoms with Crippen molar-refractivity contribution >= 4 is 17.3 Å². The maximum atomic E-state index is 12.8. The number of aromatic nitrogens is 1. The molecule has 0 aliphatic carbocycles. The molecule has 0 fully saturated rings. The molecule has 94 valence electrons. The van der Waals surface area contributed by atoms with Crippen molar-refractivity contribution in [1.29, 1.82) is 0 Å². The van der Waals surface area contributed by atoms with Gasteiger partial charge in [-0.15, -0.1) is 11.3 Å². The van der Waals surface area contributed by atoms with E-state index in [2.05, 4.69) is 9.72 Å². The van der Waals surface area contributed by atoms with Gasteiger partial charge < -0.3 is 9.84 Å². The fourth-order valence-electron chi connectivity index (χ4n) is 1.37. The van der Waals surface area contributed by atoms with Crippen LogP contribution in [0, 0.1) is 5.82 Å². The summed E-state index contributed by atoms with van der Waals surface area (Å²) in [6.45, 7) is 0. The summed E-state index contributed by atoms with van der Waals surface area (Å²) >= 11 is 1.26. The number of benzene rings is 1. The Hall–Kier alpha value is -1.79. The Labute approximate surface area is 107 Å².